The number of anilines is 1. The molecule has 1 amide bonds. The van der Waals surface area contributed by atoms with Crippen LogP contribution in [0.4, 0.5) is 18.9 Å². The van der Waals surface area contributed by atoms with Crippen LogP contribution in [0, 0.1) is 13.8 Å². The third kappa shape index (κ3) is 5.26. The molecule has 0 fully saturated rings. The van der Waals surface area contributed by atoms with Crippen molar-refractivity contribution in [1.29, 1.82) is 0 Å². The normalized spacial score (nSPS) is 17.3. The van der Waals surface area contributed by atoms with Crippen molar-refractivity contribution in [2.45, 2.75) is 64.8 Å². The molecule has 7 heteroatoms. The Morgan fingerprint density at radius 3 is 2.34 bits per heavy atom. The second kappa shape index (κ2) is 8.77. The van der Waals surface area contributed by atoms with E-state index in [9.17, 15) is 23.1 Å². The maximum atomic E-state index is 12.6. The molecule has 2 atom stereocenters. The number of fused-ring (bicyclic) bond motifs is 1. The minimum Gasteiger partial charge on any atom is -0.392 e. The minimum atomic E-state index is -4.45. The van der Waals surface area contributed by atoms with Crippen LogP contribution in [0.2, 0.25) is 0 Å². The molecule has 1 heterocycles. The monoisotopic (exact) mass is 448 g/mol. The Bertz CT molecular complexity index is 979. The van der Waals surface area contributed by atoms with Crippen molar-refractivity contribution in [1.82, 2.24) is 5.32 Å². The van der Waals surface area contributed by atoms with E-state index in [0.717, 1.165) is 27.9 Å². The number of rotatable bonds is 6. The highest BCUT2D eigenvalue weighted by Gasteiger charge is 2.37. The number of aliphatic hydroxyl groups excluding tert-OH is 1. The van der Waals surface area contributed by atoms with Gasteiger partial charge in [-0.05, 0) is 63.8 Å². The summed E-state index contributed by atoms with van der Waals surface area (Å²) in [5, 5.41) is 12.1. The smallest absolute Gasteiger partial charge is 0.392 e. The molecule has 32 heavy (non-hydrogen) atoms. The molecule has 0 aromatic heterocycles. The van der Waals surface area contributed by atoms with E-state index in [4.69, 9.17) is 0 Å². The van der Waals surface area contributed by atoms with Gasteiger partial charge in [0, 0.05) is 12.2 Å². The van der Waals surface area contributed by atoms with Gasteiger partial charge in [0.05, 0.1) is 17.6 Å². The molecule has 0 saturated carbocycles. The summed E-state index contributed by atoms with van der Waals surface area (Å²) >= 11 is 0. The molecule has 0 spiro atoms. The molecule has 2 aromatic carbocycles. The van der Waals surface area contributed by atoms with Gasteiger partial charge in [-0.3, -0.25) is 4.79 Å². The molecule has 0 radical (unpaired) electrons. The predicted octanol–water partition coefficient (Wildman–Crippen LogP) is 4.74. The molecule has 0 bridgehead atoms. The summed E-state index contributed by atoms with van der Waals surface area (Å²) in [5.41, 5.74) is 5.02. The lowest BCUT2D eigenvalue weighted by Gasteiger charge is -2.30. The van der Waals surface area contributed by atoms with Crippen LogP contribution < -0.4 is 10.2 Å². The first-order valence-corrected chi connectivity index (χ1v) is 10.8. The Morgan fingerprint density at radius 1 is 1.16 bits per heavy atom. The standard InChI is InChI=1S/C25H31F3N2O2/c1-15-8-16(2)10-18(9-15)22-12-19-11-20(6-7-21(19)30(22)13-17(3)31)24(4,5)23(32)29-14-25(26,27)28/h6-11,17,22,31H,12-14H2,1-5H3,(H,29,32). The van der Waals surface area contributed by atoms with E-state index in [1.165, 1.54) is 0 Å². The second-order valence-corrected chi connectivity index (χ2v) is 9.41. The third-order valence-corrected chi connectivity index (χ3v) is 6.01. The number of amides is 1. The van der Waals surface area contributed by atoms with Crippen molar-refractivity contribution < 1.29 is 23.1 Å². The Hall–Kier alpha value is -2.54. The number of halogens is 3. The number of alkyl halides is 3. The number of carbonyl (C=O) groups excluding carboxylic acids is 1. The van der Waals surface area contributed by atoms with E-state index < -0.39 is 30.1 Å². The molecular formula is C25H31F3N2O2. The second-order valence-electron chi connectivity index (χ2n) is 9.41. The Morgan fingerprint density at radius 2 is 1.78 bits per heavy atom. The summed E-state index contributed by atoms with van der Waals surface area (Å²) < 4.78 is 37.7. The van der Waals surface area contributed by atoms with E-state index >= 15 is 0 Å². The molecule has 174 valence electrons. The molecular weight excluding hydrogens is 417 g/mol. The molecule has 3 rings (SSSR count). The maximum Gasteiger partial charge on any atom is 0.405 e. The first kappa shape index (κ1) is 24.1. The van der Waals surface area contributed by atoms with Crippen LogP contribution in [0.1, 0.15) is 54.6 Å². The average molecular weight is 449 g/mol. The predicted molar refractivity (Wildman–Crippen MR) is 120 cm³/mol. The number of hydrogen-bond acceptors (Lipinski definition) is 3. The lowest BCUT2D eigenvalue weighted by atomic mass is 9.82. The van der Waals surface area contributed by atoms with Crippen molar-refractivity contribution >= 4 is 11.6 Å². The summed E-state index contributed by atoms with van der Waals surface area (Å²) in [6, 6.07) is 12.1. The van der Waals surface area contributed by atoms with Gasteiger partial charge in [-0.25, -0.2) is 0 Å². The van der Waals surface area contributed by atoms with Crippen LogP contribution in [-0.4, -0.2) is 36.4 Å². The molecule has 0 saturated heterocycles. The average Bonchev–Trinajstić information content (AvgIpc) is 3.02. The van der Waals surface area contributed by atoms with Crippen molar-refractivity contribution in [3.63, 3.8) is 0 Å². The number of β-amino-alcohol motifs (C(OH)–C–C–N with tert-alkyl or cyclic N) is 1. The van der Waals surface area contributed by atoms with Gasteiger partial charge >= 0.3 is 6.18 Å². The lowest BCUT2D eigenvalue weighted by Crippen LogP contribution is -2.44. The number of nitrogens with zero attached hydrogens (tertiary/aromatic N) is 1. The largest absolute Gasteiger partial charge is 0.405 e. The van der Waals surface area contributed by atoms with Gasteiger partial charge in [0.1, 0.15) is 6.54 Å². The quantitative estimate of drug-likeness (QED) is 0.671. The summed E-state index contributed by atoms with van der Waals surface area (Å²) in [5.74, 6) is -0.667. The number of aliphatic hydroxyl groups is 1. The van der Waals surface area contributed by atoms with E-state index in [2.05, 4.69) is 36.9 Å². The zero-order chi connectivity index (χ0) is 23.8. The summed E-state index contributed by atoms with van der Waals surface area (Å²) in [4.78, 5) is 14.7. The molecule has 2 aromatic rings. The fourth-order valence-corrected chi connectivity index (χ4v) is 4.45. The number of carbonyl (C=O) groups is 1. The molecule has 1 aliphatic rings. The minimum absolute atomic E-state index is 0.0376. The van der Waals surface area contributed by atoms with Crippen molar-refractivity contribution in [2.75, 3.05) is 18.0 Å². The lowest BCUT2D eigenvalue weighted by molar-refractivity contribution is -0.141. The summed E-state index contributed by atoms with van der Waals surface area (Å²) in [6.07, 6.45) is -4.29. The number of aryl methyl sites for hydroxylation is 2. The van der Waals surface area contributed by atoms with Gasteiger partial charge in [-0.2, -0.15) is 13.2 Å². The van der Waals surface area contributed by atoms with Gasteiger partial charge in [-0.1, -0.05) is 41.5 Å². The molecule has 4 nitrogen and oxygen atoms in total. The van der Waals surface area contributed by atoms with Crippen molar-refractivity contribution in [3.8, 4) is 0 Å². The topological polar surface area (TPSA) is 52.6 Å². The van der Waals surface area contributed by atoms with Crippen LogP contribution in [0.25, 0.3) is 0 Å². The first-order chi connectivity index (χ1) is 14.8. The van der Waals surface area contributed by atoms with Gasteiger partial charge in [0.2, 0.25) is 5.91 Å². The maximum absolute atomic E-state index is 12.6. The van der Waals surface area contributed by atoms with Crippen molar-refractivity contribution in [2.24, 2.45) is 0 Å². The Labute approximate surface area is 187 Å². The van der Waals surface area contributed by atoms with Crippen LogP contribution >= 0.6 is 0 Å². The summed E-state index contributed by atoms with van der Waals surface area (Å²) in [7, 11) is 0. The SMILES string of the molecule is Cc1cc(C)cc(C2Cc3cc(C(C)(C)C(=O)NCC(F)(F)F)ccc3N2CC(C)O)c1. The van der Waals surface area contributed by atoms with Crippen LogP contribution in [-0.2, 0) is 16.6 Å². The number of nitrogens with one attached hydrogen (secondary N) is 1. The Balaban J connectivity index is 1.93. The fourth-order valence-electron chi connectivity index (χ4n) is 4.45. The highest BCUT2D eigenvalue weighted by Crippen LogP contribution is 2.42. The zero-order valence-corrected chi connectivity index (χ0v) is 19.2. The molecule has 2 unspecified atom stereocenters. The molecule has 0 aliphatic carbocycles. The van der Waals surface area contributed by atoms with E-state index in [1.54, 1.807) is 26.8 Å². The third-order valence-electron chi connectivity index (χ3n) is 6.01. The van der Waals surface area contributed by atoms with Gasteiger partial charge < -0.3 is 15.3 Å². The highest BCUT2D eigenvalue weighted by molar-refractivity contribution is 5.87. The van der Waals surface area contributed by atoms with Gasteiger partial charge in [0.25, 0.3) is 0 Å². The number of hydrogen-bond donors (Lipinski definition) is 2. The molecule has 2 N–H and O–H groups in total. The molecule has 1 aliphatic heterocycles. The zero-order valence-electron chi connectivity index (χ0n) is 19.2. The van der Waals surface area contributed by atoms with E-state index in [-0.39, 0.29) is 6.04 Å². The number of benzene rings is 2. The van der Waals surface area contributed by atoms with Gasteiger partial charge in [0.15, 0.2) is 0 Å². The van der Waals surface area contributed by atoms with E-state index in [0.29, 0.717) is 18.5 Å². The Kier molecular flexibility index (Phi) is 6.61. The fraction of sp³-hybridized carbons (Fsp3) is 0.480. The highest BCUT2D eigenvalue weighted by atomic mass is 19.4. The van der Waals surface area contributed by atoms with E-state index in [1.807, 2.05) is 17.4 Å². The van der Waals surface area contributed by atoms with Crippen molar-refractivity contribution in [3.05, 3.63) is 64.2 Å². The van der Waals surface area contributed by atoms with Crippen LogP contribution in [0.5, 0.6) is 0 Å². The van der Waals surface area contributed by atoms with Gasteiger partial charge in [-0.15, -0.1) is 0 Å². The summed E-state index contributed by atoms with van der Waals surface area (Å²) in [6.45, 7) is 8.22. The first-order valence-electron chi connectivity index (χ1n) is 10.8. The van der Waals surface area contributed by atoms with Crippen LogP contribution in [0.15, 0.2) is 36.4 Å². The van der Waals surface area contributed by atoms with Crippen LogP contribution in [0.3, 0.4) is 0 Å².